The Labute approximate surface area is 259 Å². The number of amides is 2. The van der Waals surface area contributed by atoms with Crippen LogP contribution in [0.15, 0.2) is 77.7 Å². The Kier molecular flexibility index (Phi) is 11.2. The van der Waals surface area contributed by atoms with Crippen molar-refractivity contribution in [2.24, 2.45) is 11.1 Å². The summed E-state index contributed by atoms with van der Waals surface area (Å²) in [4.78, 5) is 26.6. The predicted octanol–water partition coefficient (Wildman–Crippen LogP) is 6.08. The molecule has 3 aromatic carbocycles. The lowest BCUT2D eigenvalue weighted by Gasteiger charge is -2.24. The molecule has 0 aromatic heterocycles. The first-order valence-corrected chi connectivity index (χ1v) is 15.2. The van der Waals surface area contributed by atoms with Crippen molar-refractivity contribution < 1.29 is 27.5 Å². The summed E-state index contributed by atoms with van der Waals surface area (Å²) < 4.78 is 32.6. The first-order valence-electron chi connectivity index (χ1n) is 12.5. The zero-order valence-corrected chi connectivity index (χ0v) is 25.7. The number of ether oxygens (including phenoxy) is 2. The van der Waals surface area contributed by atoms with Gasteiger partial charge in [0.2, 0.25) is 13.8 Å². The van der Waals surface area contributed by atoms with Gasteiger partial charge in [-0.25, -0.2) is 23.1 Å². The number of alkyl halides is 3. The highest BCUT2D eigenvalue weighted by Gasteiger charge is 2.23. The topological polar surface area (TPSA) is 152 Å². The Hall–Kier alpha value is -3.35. The molecule has 0 atom stereocenters. The molecule has 3 rings (SSSR count). The van der Waals surface area contributed by atoms with Gasteiger partial charge in [-0.1, -0.05) is 97.2 Å². The molecule has 3 aromatic rings. The van der Waals surface area contributed by atoms with E-state index in [9.17, 15) is 18.0 Å². The van der Waals surface area contributed by atoms with Gasteiger partial charge in [0.25, 0.3) is 0 Å². The summed E-state index contributed by atoms with van der Waals surface area (Å²) in [6.45, 7) is 3.96. The maximum Gasteiger partial charge on any atom is 0.415 e. The molecule has 0 aliphatic carbocycles. The molecule has 10 nitrogen and oxygen atoms in total. The summed E-state index contributed by atoms with van der Waals surface area (Å²) >= 11 is 16.7. The molecule has 224 valence electrons. The van der Waals surface area contributed by atoms with Crippen LogP contribution in [0.2, 0.25) is 0 Å². The molecule has 2 amide bonds. The van der Waals surface area contributed by atoms with E-state index in [0.717, 1.165) is 0 Å². The second-order valence-corrected chi connectivity index (χ2v) is 13.6. The minimum Gasteiger partial charge on any atom is -0.445 e. The van der Waals surface area contributed by atoms with E-state index < -0.39 is 32.6 Å². The van der Waals surface area contributed by atoms with E-state index in [1.54, 1.807) is 66.7 Å². The molecule has 0 unspecified atom stereocenters. The van der Waals surface area contributed by atoms with E-state index in [1.807, 2.05) is 13.8 Å². The van der Waals surface area contributed by atoms with Crippen molar-refractivity contribution in [2.75, 3.05) is 13.2 Å². The lowest BCUT2D eigenvalue weighted by atomic mass is 10.1. The molecule has 0 saturated carbocycles. The molecule has 0 radical (unpaired) electrons. The number of amidine groups is 1. The Morgan fingerprint density at radius 2 is 1.69 bits per heavy atom. The third kappa shape index (κ3) is 10.2. The summed E-state index contributed by atoms with van der Waals surface area (Å²) in [6.07, 6.45) is -1.56. The highest BCUT2D eigenvalue weighted by Crippen LogP contribution is 2.28. The van der Waals surface area contributed by atoms with Crippen LogP contribution in [0.3, 0.4) is 0 Å². The molecule has 0 bridgehead atoms. The lowest BCUT2D eigenvalue weighted by molar-refractivity contribution is 0.143. The summed E-state index contributed by atoms with van der Waals surface area (Å²) in [5.41, 5.74) is 2.06. The maximum absolute atomic E-state index is 13.2. The average Bonchev–Trinajstić information content (AvgIpc) is 2.91. The standard InChI is InChI=1S/C28H29Cl3N4O6S/c1-18(2)15-35(16-19-6-5-7-21(14-19)25(32)34-26(36)40-17-28(29,30)31)27(37)41-22-12-10-20(11-13-22)23-8-3-4-9-24(23)42(33,38)39/h3-14,18H,15-17H2,1-2H3,(H2,32,34,36)(H2,33,38,39). The van der Waals surface area contributed by atoms with Crippen LogP contribution in [0.1, 0.15) is 25.0 Å². The van der Waals surface area contributed by atoms with Crippen molar-refractivity contribution in [3.8, 4) is 16.9 Å². The second-order valence-electron chi connectivity index (χ2n) is 9.60. The molecule has 0 fully saturated rings. The van der Waals surface area contributed by atoms with E-state index in [1.165, 1.54) is 11.0 Å². The van der Waals surface area contributed by atoms with E-state index >= 15 is 0 Å². The number of nitrogens with one attached hydrogen (secondary N) is 2. The van der Waals surface area contributed by atoms with Gasteiger partial charge in [-0.3, -0.25) is 10.7 Å². The molecular formula is C28H29Cl3N4O6S. The molecule has 14 heteroatoms. The fraction of sp³-hybridized carbons (Fsp3) is 0.250. The number of hydrogen-bond donors (Lipinski definition) is 3. The largest absolute Gasteiger partial charge is 0.445 e. The summed E-state index contributed by atoms with van der Waals surface area (Å²) in [6, 6.07) is 19.5. The van der Waals surface area contributed by atoms with E-state index in [4.69, 9.17) is 54.8 Å². The first kappa shape index (κ1) is 33.2. The average molecular weight is 656 g/mol. The second kappa shape index (κ2) is 14.2. The molecule has 4 N–H and O–H groups in total. The third-order valence-electron chi connectivity index (χ3n) is 5.59. The van der Waals surface area contributed by atoms with Crippen LogP contribution in [0.4, 0.5) is 9.59 Å². The van der Waals surface area contributed by atoms with Gasteiger partial charge in [-0.15, -0.1) is 0 Å². The number of carbonyl (C=O) groups excluding carboxylic acids is 2. The highest BCUT2D eigenvalue weighted by molar-refractivity contribution is 7.89. The smallest absolute Gasteiger partial charge is 0.415 e. The third-order valence-corrected chi connectivity index (χ3v) is 6.89. The van der Waals surface area contributed by atoms with Crippen molar-refractivity contribution in [3.05, 3.63) is 83.9 Å². The maximum atomic E-state index is 13.2. The van der Waals surface area contributed by atoms with Gasteiger partial charge in [0.1, 0.15) is 18.2 Å². The van der Waals surface area contributed by atoms with Crippen molar-refractivity contribution in [1.29, 1.82) is 5.41 Å². The minimum atomic E-state index is -3.93. The number of nitrogens with two attached hydrogens (primary N) is 1. The molecule has 0 aliphatic rings. The Morgan fingerprint density at radius 3 is 2.31 bits per heavy atom. The number of hydrogen-bond acceptors (Lipinski definition) is 7. The first-order chi connectivity index (χ1) is 19.6. The van der Waals surface area contributed by atoms with Gasteiger partial charge in [0.05, 0.1) is 4.90 Å². The molecule has 42 heavy (non-hydrogen) atoms. The number of halogens is 3. The van der Waals surface area contributed by atoms with Crippen LogP contribution in [0, 0.1) is 11.3 Å². The van der Waals surface area contributed by atoms with Gasteiger partial charge < -0.3 is 14.4 Å². The Bertz CT molecular complexity index is 1540. The number of alkyl carbamates (subject to hydrolysis) is 1. The van der Waals surface area contributed by atoms with Crippen LogP contribution in [-0.4, -0.2) is 48.3 Å². The van der Waals surface area contributed by atoms with Crippen LogP contribution in [0.5, 0.6) is 5.75 Å². The summed E-state index contributed by atoms with van der Waals surface area (Å²) in [5, 5.41) is 15.8. The summed E-state index contributed by atoms with van der Waals surface area (Å²) in [5.74, 6) is 0.136. The Morgan fingerprint density at radius 1 is 1.02 bits per heavy atom. The highest BCUT2D eigenvalue weighted by atomic mass is 35.6. The zero-order valence-electron chi connectivity index (χ0n) is 22.6. The van der Waals surface area contributed by atoms with Gasteiger partial charge in [-0.2, -0.15) is 0 Å². The van der Waals surface area contributed by atoms with Crippen LogP contribution < -0.4 is 15.2 Å². The van der Waals surface area contributed by atoms with Gasteiger partial charge in [0, 0.05) is 24.2 Å². The fourth-order valence-corrected chi connectivity index (χ4v) is 4.79. The van der Waals surface area contributed by atoms with E-state index in [0.29, 0.717) is 28.8 Å². The van der Waals surface area contributed by atoms with Crippen molar-refractivity contribution >= 4 is 62.8 Å². The predicted molar refractivity (Wildman–Crippen MR) is 163 cm³/mol. The molecular weight excluding hydrogens is 627 g/mol. The van der Waals surface area contributed by atoms with E-state index in [2.05, 4.69) is 5.32 Å². The zero-order chi connectivity index (χ0) is 31.1. The number of nitrogens with zero attached hydrogens (tertiary/aromatic N) is 1. The van der Waals surface area contributed by atoms with E-state index in [-0.39, 0.29) is 28.9 Å². The number of carbonyl (C=O) groups is 2. The molecule has 0 heterocycles. The minimum absolute atomic E-state index is 0.0111. The fourth-order valence-electron chi connectivity index (χ4n) is 3.87. The number of primary sulfonamides is 1. The van der Waals surface area contributed by atoms with Crippen LogP contribution >= 0.6 is 34.8 Å². The van der Waals surface area contributed by atoms with Gasteiger partial charge in [0.15, 0.2) is 0 Å². The monoisotopic (exact) mass is 654 g/mol. The van der Waals surface area contributed by atoms with Gasteiger partial charge in [-0.05, 0) is 41.3 Å². The molecule has 0 aliphatic heterocycles. The number of benzene rings is 3. The molecule has 0 spiro atoms. The Balaban J connectivity index is 1.71. The molecule has 0 saturated heterocycles. The quantitative estimate of drug-likeness (QED) is 0.144. The van der Waals surface area contributed by atoms with Crippen LogP contribution in [0.25, 0.3) is 11.1 Å². The number of rotatable bonds is 9. The summed E-state index contributed by atoms with van der Waals surface area (Å²) in [7, 11) is -3.93. The van der Waals surface area contributed by atoms with Gasteiger partial charge >= 0.3 is 12.2 Å². The van der Waals surface area contributed by atoms with Crippen molar-refractivity contribution in [2.45, 2.75) is 29.1 Å². The van der Waals surface area contributed by atoms with Crippen LogP contribution in [-0.2, 0) is 21.3 Å². The SMILES string of the molecule is CC(C)CN(Cc1cccc(C(=N)NC(=O)OCC(Cl)(Cl)Cl)c1)C(=O)Oc1ccc(-c2ccccc2S(N)(=O)=O)cc1. The van der Waals surface area contributed by atoms with Crippen molar-refractivity contribution in [3.63, 3.8) is 0 Å². The van der Waals surface area contributed by atoms with Crippen molar-refractivity contribution in [1.82, 2.24) is 10.2 Å². The number of sulfonamides is 1. The lowest BCUT2D eigenvalue weighted by Crippen LogP contribution is -2.36. The normalized spacial score (nSPS) is 11.6.